The molecule has 0 fully saturated rings. The molecule has 0 radical (unpaired) electrons. The lowest BCUT2D eigenvalue weighted by atomic mass is 10.3. The second-order valence-electron chi connectivity index (χ2n) is 4.80. The van der Waals surface area contributed by atoms with Gasteiger partial charge in [-0.3, -0.25) is 14.9 Å². The number of amides is 1. The highest BCUT2D eigenvalue weighted by molar-refractivity contribution is 9.10. The van der Waals surface area contributed by atoms with Gasteiger partial charge in [-0.1, -0.05) is 12.1 Å². The summed E-state index contributed by atoms with van der Waals surface area (Å²) in [6.45, 7) is 0.841. The molecule has 8 heteroatoms. The number of halogens is 1. The molecule has 2 N–H and O–H groups in total. The van der Waals surface area contributed by atoms with Crippen LogP contribution in [0.5, 0.6) is 5.75 Å². The quantitative estimate of drug-likeness (QED) is 0.408. The minimum Gasteiger partial charge on any atom is -0.483 e. The molecular weight excluding hydrogens is 378 g/mol. The summed E-state index contributed by atoms with van der Waals surface area (Å²) in [6, 6.07) is 13.4. The summed E-state index contributed by atoms with van der Waals surface area (Å²) < 4.78 is 6.20. The van der Waals surface area contributed by atoms with Gasteiger partial charge in [-0.05, 0) is 40.2 Å². The van der Waals surface area contributed by atoms with Crippen LogP contribution in [0.1, 0.15) is 0 Å². The average molecular weight is 394 g/mol. The molecule has 0 aliphatic rings. The first-order chi connectivity index (χ1) is 11.6. The van der Waals surface area contributed by atoms with E-state index in [1.807, 2.05) is 18.2 Å². The topological polar surface area (TPSA) is 93.5 Å². The predicted octanol–water partition coefficient (Wildman–Crippen LogP) is 2.96. The van der Waals surface area contributed by atoms with Crippen molar-refractivity contribution in [1.82, 2.24) is 5.32 Å². The Morgan fingerprint density at radius 1 is 1.12 bits per heavy atom. The molecule has 126 valence electrons. The highest BCUT2D eigenvalue weighted by atomic mass is 79.9. The van der Waals surface area contributed by atoms with E-state index in [1.54, 1.807) is 18.2 Å². The van der Waals surface area contributed by atoms with Gasteiger partial charge in [0.25, 0.3) is 11.6 Å². The molecule has 0 heterocycles. The summed E-state index contributed by atoms with van der Waals surface area (Å²) in [7, 11) is 0. The lowest BCUT2D eigenvalue weighted by Crippen LogP contribution is -2.32. The number of nitrogens with one attached hydrogen (secondary N) is 2. The molecule has 7 nitrogen and oxygen atoms in total. The summed E-state index contributed by atoms with van der Waals surface area (Å²) >= 11 is 3.34. The third-order valence-electron chi connectivity index (χ3n) is 3.05. The highest BCUT2D eigenvalue weighted by Gasteiger charge is 2.05. The van der Waals surface area contributed by atoms with Crippen molar-refractivity contribution < 1.29 is 14.5 Å². The van der Waals surface area contributed by atoms with Crippen LogP contribution in [0.4, 0.5) is 11.4 Å². The summed E-state index contributed by atoms with van der Waals surface area (Å²) in [6.07, 6.45) is 0. The maximum absolute atomic E-state index is 11.7. The Bertz CT molecular complexity index is 707. The van der Waals surface area contributed by atoms with Crippen LogP contribution < -0.4 is 15.4 Å². The van der Waals surface area contributed by atoms with Gasteiger partial charge in [0.15, 0.2) is 6.61 Å². The molecule has 24 heavy (non-hydrogen) atoms. The molecule has 0 saturated carbocycles. The van der Waals surface area contributed by atoms with Gasteiger partial charge in [-0.25, -0.2) is 0 Å². The third kappa shape index (κ3) is 5.54. The Kier molecular flexibility index (Phi) is 6.56. The van der Waals surface area contributed by atoms with E-state index in [0.29, 0.717) is 18.8 Å². The molecule has 0 unspecified atom stereocenters. The van der Waals surface area contributed by atoms with E-state index < -0.39 is 4.92 Å². The van der Waals surface area contributed by atoms with Crippen molar-refractivity contribution in [2.24, 2.45) is 0 Å². The molecule has 2 rings (SSSR count). The normalized spacial score (nSPS) is 10.0. The van der Waals surface area contributed by atoms with Crippen molar-refractivity contribution in [3.8, 4) is 5.75 Å². The van der Waals surface area contributed by atoms with Gasteiger partial charge in [-0.15, -0.1) is 0 Å². The van der Waals surface area contributed by atoms with E-state index in [0.717, 1.165) is 10.2 Å². The second-order valence-corrected chi connectivity index (χ2v) is 5.65. The molecule has 0 saturated heterocycles. The zero-order chi connectivity index (χ0) is 17.4. The second kappa shape index (κ2) is 8.88. The minimum atomic E-state index is -0.449. The molecule has 2 aromatic carbocycles. The molecule has 0 atom stereocenters. The summed E-state index contributed by atoms with van der Waals surface area (Å²) in [5, 5.41) is 16.3. The number of rotatable bonds is 8. The van der Waals surface area contributed by atoms with Gasteiger partial charge < -0.3 is 15.4 Å². The molecule has 0 bridgehead atoms. The Balaban J connectivity index is 1.65. The van der Waals surface area contributed by atoms with Crippen molar-refractivity contribution in [3.63, 3.8) is 0 Å². The van der Waals surface area contributed by atoms with Crippen LogP contribution in [0.2, 0.25) is 0 Å². The number of nitro benzene ring substituents is 1. The van der Waals surface area contributed by atoms with Gasteiger partial charge in [0.2, 0.25) is 0 Å². The fourth-order valence-corrected chi connectivity index (χ4v) is 2.27. The number of hydrogen-bond acceptors (Lipinski definition) is 5. The number of anilines is 1. The number of ether oxygens (including phenoxy) is 1. The number of carbonyl (C=O) groups is 1. The monoisotopic (exact) mass is 393 g/mol. The van der Waals surface area contributed by atoms with Crippen LogP contribution in [0, 0.1) is 10.1 Å². The van der Waals surface area contributed by atoms with Gasteiger partial charge in [-0.2, -0.15) is 0 Å². The zero-order valence-electron chi connectivity index (χ0n) is 12.7. The number of non-ortho nitro benzene ring substituents is 1. The third-order valence-corrected chi connectivity index (χ3v) is 3.70. The van der Waals surface area contributed by atoms with Gasteiger partial charge in [0, 0.05) is 30.9 Å². The van der Waals surface area contributed by atoms with E-state index in [-0.39, 0.29) is 18.2 Å². The van der Waals surface area contributed by atoms with Gasteiger partial charge in [0.05, 0.1) is 9.40 Å². The molecular formula is C16H16BrN3O4. The Labute approximate surface area is 147 Å². The molecule has 0 aliphatic carbocycles. The minimum absolute atomic E-state index is 0.0399. The summed E-state index contributed by atoms with van der Waals surface area (Å²) in [4.78, 5) is 21.8. The van der Waals surface area contributed by atoms with E-state index >= 15 is 0 Å². The van der Waals surface area contributed by atoms with Gasteiger partial charge >= 0.3 is 0 Å². The number of nitro groups is 1. The average Bonchev–Trinajstić information content (AvgIpc) is 2.58. The smallest absolute Gasteiger partial charge is 0.269 e. The first-order valence-electron chi connectivity index (χ1n) is 7.18. The summed E-state index contributed by atoms with van der Waals surface area (Å²) in [5.74, 6) is 0.382. The largest absolute Gasteiger partial charge is 0.483 e. The SMILES string of the molecule is O=C(COc1ccccc1Br)NCCNc1ccc([N+](=O)[O-])cc1. The van der Waals surface area contributed by atoms with E-state index in [4.69, 9.17) is 4.74 Å². The summed E-state index contributed by atoms with van der Waals surface area (Å²) in [5.41, 5.74) is 0.789. The number of carbonyl (C=O) groups excluding carboxylic acids is 1. The predicted molar refractivity (Wildman–Crippen MR) is 94.2 cm³/mol. The maximum Gasteiger partial charge on any atom is 0.269 e. The molecule has 0 aliphatic heterocycles. The molecule has 0 aromatic heterocycles. The van der Waals surface area contributed by atoms with Crippen LogP contribution in [-0.2, 0) is 4.79 Å². The van der Waals surface area contributed by atoms with E-state index in [2.05, 4.69) is 26.6 Å². The van der Waals surface area contributed by atoms with Crippen LogP contribution in [0.25, 0.3) is 0 Å². The number of benzene rings is 2. The molecule has 2 aromatic rings. The van der Waals surface area contributed by atoms with Crippen LogP contribution in [0.3, 0.4) is 0 Å². The first kappa shape index (κ1) is 17.7. The zero-order valence-corrected chi connectivity index (χ0v) is 14.3. The van der Waals surface area contributed by atoms with Crippen molar-refractivity contribution in [3.05, 3.63) is 63.1 Å². The molecule has 1 amide bonds. The van der Waals surface area contributed by atoms with Gasteiger partial charge in [0.1, 0.15) is 5.75 Å². The van der Waals surface area contributed by atoms with E-state index in [9.17, 15) is 14.9 Å². The fraction of sp³-hybridized carbons (Fsp3) is 0.188. The van der Waals surface area contributed by atoms with Crippen molar-refractivity contribution in [2.45, 2.75) is 0 Å². The number of hydrogen-bond donors (Lipinski definition) is 2. The Morgan fingerprint density at radius 3 is 2.50 bits per heavy atom. The Hall–Kier alpha value is -2.61. The standard InChI is InChI=1S/C16H16BrN3O4/c17-14-3-1-2-4-15(14)24-11-16(21)19-10-9-18-12-5-7-13(8-6-12)20(22)23/h1-8,18H,9-11H2,(H,19,21). The van der Waals surface area contributed by atoms with Crippen LogP contribution >= 0.6 is 15.9 Å². The first-order valence-corrected chi connectivity index (χ1v) is 7.98. The van der Waals surface area contributed by atoms with Crippen molar-refractivity contribution in [2.75, 3.05) is 25.0 Å². The van der Waals surface area contributed by atoms with Crippen LogP contribution in [-0.4, -0.2) is 30.5 Å². The lowest BCUT2D eigenvalue weighted by molar-refractivity contribution is -0.384. The highest BCUT2D eigenvalue weighted by Crippen LogP contribution is 2.23. The fourth-order valence-electron chi connectivity index (χ4n) is 1.87. The number of para-hydroxylation sites is 1. The van der Waals surface area contributed by atoms with Crippen LogP contribution in [0.15, 0.2) is 53.0 Å². The maximum atomic E-state index is 11.7. The van der Waals surface area contributed by atoms with Crippen molar-refractivity contribution >= 4 is 33.2 Å². The van der Waals surface area contributed by atoms with E-state index in [1.165, 1.54) is 12.1 Å². The molecule has 0 spiro atoms. The number of nitrogens with zero attached hydrogens (tertiary/aromatic N) is 1. The lowest BCUT2D eigenvalue weighted by Gasteiger charge is -2.10. The Morgan fingerprint density at radius 2 is 1.83 bits per heavy atom. The van der Waals surface area contributed by atoms with Crippen molar-refractivity contribution in [1.29, 1.82) is 0 Å².